The average molecular weight is 349 g/mol. The molecule has 1 unspecified atom stereocenters. The zero-order valence-corrected chi connectivity index (χ0v) is 13.8. The van der Waals surface area contributed by atoms with Crippen LogP contribution in [-0.2, 0) is 30.9 Å². The average Bonchev–Trinajstić information content (AvgIpc) is 3.14. The Balaban J connectivity index is 1.69. The third-order valence-corrected chi connectivity index (χ3v) is 5.12. The minimum Gasteiger partial charge on any atom is -0.311 e. The van der Waals surface area contributed by atoms with E-state index in [-0.39, 0.29) is 23.8 Å². The van der Waals surface area contributed by atoms with Crippen molar-refractivity contribution in [3.63, 3.8) is 0 Å². The molecule has 1 aromatic carbocycles. The van der Waals surface area contributed by atoms with Gasteiger partial charge in [-0.2, -0.15) is 18.3 Å². The Morgan fingerprint density at radius 1 is 1.28 bits per heavy atom. The number of anilines is 1. The lowest BCUT2D eigenvalue weighted by molar-refractivity contribution is -0.138. The molecule has 1 aliphatic heterocycles. The third kappa shape index (κ3) is 2.62. The fourth-order valence-electron chi connectivity index (χ4n) is 4.04. The molecule has 1 atom stereocenters. The lowest BCUT2D eigenvalue weighted by Crippen LogP contribution is -2.35. The molecule has 0 spiro atoms. The molecule has 2 aliphatic rings. The number of carbonyl (C=O) groups is 1. The summed E-state index contributed by atoms with van der Waals surface area (Å²) in [7, 11) is 1.82. The minimum absolute atomic E-state index is 0.118. The van der Waals surface area contributed by atoms with Crippen LogP contribution in [0.1, 0.15) is 41.1 Å². The first-order valence-corrected chi connectivity index (χ1v) is 8.39. The zero-order chi connectivity index (χ0) is 17.8. The monoisotopic (exact) mass is 349 g/mol. The molecule has 7 heteroatoms. The maximum Gasteiger partial charge on any atom is 0.416 e. The fraction of sp³-hybridized carbons (Fsp3) is 0.444. The Morgan fingerprint density at radius 2 is 2.08 bits per heavy atom. The number of nitrogens with zero attached hydrogens (tertiary/aromatic N) is 3. The van der Waals surface area contributed by atoms with E-state index in [0.29, 0.717) is 18.7 Å². The molecule has 0 bridgehead atoms. The van der Waals surface area contributed by atoms with Crippen LogP contribution in [0.15, 0.2) is 24.4 Å². The Labute approximate surface area is 143 Å². The van der Waals surface area contributed by atoms with Gasteiger partial charge in [-0.3, -0.25) is 9.48 Å². The molecule has 4 nitrogen and oxygen atoms in total. The van der Waals surface area contributed by atoms with E-state index in [4.69, 9.17) is 0 Å². The molecular formula is C18H18F3N3O. The van der Waals surface area contributed by atoms with Crippen molar-refractivity contribution in [3.8, 4) is 0 Å². The number of aryl methyl sites for hydroxylation is 2. The van der Waals surface area contributed by atoms with Gasteiger partial charge in [-0.1, -0.05) is 6.07 Å². The smallest absolute Gasteiger partial charge is 0.311 e. The first-order chi connectivity index (χ1) is 11.9. The van der Waals surface area contributed by atoms with Crippen LogP contribution >= 0.6 is 0 Å². The summed E-state index contributed by atoms with van der Waals surface area (Å²) in [4.78, 5) is 14.6. The van der Waals surface area contributed by atoms with E-state index >= 15 is 0 Å². The summed E-state index contributed by atoms with van der Waals surface area (Å²) in [5.41, 5.74) is 1.84. The third-order valence-electron chi connectivity index (χ3n) is 5.12. The Morgan fingerprint density at radius 3 is 2.84 bits per heavy atom. The van der Waals surface area contributed by atoms with Gasteiger partial charge < -0.3 is 4.90 Å². The standard InChI is InChI=1S/C18H18F3N3O/c1-23-10-13-11(4-2-6-15(13)22-23)17(25)24-9-8-12-14(18(19,20)21)5-3-7-16(12)24/h3,5,7,10-11H,2,4,6,8-9H2,1H3. The SMILES string of the molecule is Cn1cc2c(n1)CCCC2C(=O)N1CCc2c1cccc2C(F)(F)F. The number of hydrogen-bond acceptors (Lipinski definition) is 2. The van der Waals surface area contributed by atoms with Crippen LogP contribution in [0.25, 0.3) is 0 Å². The molecule has 0 N–H and O–H groups in total. The van der Waals surface area contributed by atoms with Gasteiger partial charge in [0, 0.05) is 31.0 Å². The normalized spacial score (nSPS) is 19.7. The number of halogens is 3. The van der Waals surface area contributed by atoms with Crippen molar-refractivity contribution < 1.29 is 18.0 Å². The molecule has 1 aromatic heterocycles. The predicted octanol–water partition coefficient (Wildman–Crippen LogP) is 3.45. The highest BCUT2D eigenvalue weighted by Crippen LogP contribution is 2.41. The number of rotatable bonds is 1. The van der Waals surface area contributed by atoms with Gasteiger partial charge >= 0.3 is 6.18 Å². The van der Waals surface area contributed by atoms with Gasteiger partial charge in [0.2, 0.25) is 5.91 Å². The van der Waals surface area contributed by atoms with Gasteiger partial charge in [0.05, 0.1) is 17.2 Å². The highest BCUT2D eigenvalue weighted by molar-refractivity contribution is 6.00. The van der Waals surface area contributed by atoms with E-state index in [1.165, 1.54) is 11.0 Å². The lowest BCUT2D eigenvalue weighted by Gasteiger charge is -2.26. The van der Waals surface area contributed by atoms with E-state index in [0.717, 1.165) is 30.2 Å². The zero-order valence-electron chi connectivity index (χ0n) is 13.8. The number of benzene rings is 1. The maximum absolute atomic E-state index is 13.2. The molecule has 1 amide bonds. The van der Waals surface area contributed by atoms with Crippen LogP contribution in [0.3, 0.4) is 0 Å². The summed E-state index contributed by atoms with van der Waals surface area (Å²) in [5, 5.41) is 4.40. The van der Waals surface area contributed by atoms with Crippen molar-refractivity contribution in [2.24, 2.45) is 7.05 Å². The largest absolute Gasteiger partial charge is 0.416 e. The van der Waals surface area contributed by atoms with E-state index in [2.05, 4.69) is 5.10 Å². The molecule has 0 saturated heterocycles. The first kappa shape index (κ1) is 16.2. The molecule has 2 heterocycles. The van der Waals surface area contributed by atoms with Gasteiger partial charge in [0.25, 0.3) is 0 Å². The van der Waals surface area contributed by atoms with E-state index in [1.807, 2.05) is 13.2 Å². The van der Waals surface area contributed by atoms with E-state index in [1.54, 1.807) is 10.7 Å². The molecule has 132 valence electrons. The second kappa shape index (κ2) is 5.61. The first-order valence-electron chi connectivity index (χ1n) is 8.39. The number of aromatic nitrogens is 2. The van der Waals surface area contributed by atoms with Crippen LogP contribution in [0.4, 0.5) is 18.9 Å². The van der Waals surface area contributed by atoms with Crippen molar-refractivity contribution in [2.45, 2.75) is 37.8 Å². The maximum atomic E-state index is 13.2. The quantitative estimate of drug-likeness (QED) is 0.791. The second-order valence-electron chi connectivity index (χ2n) is 6.69. The summed E-state index contributed by atoms with van der Waals surface area (Å²) in [6.45, 7) is 0.299. The van der Waals surface area contributed by atoms with Gasteiger partial charge in [-0.05, 0) is 43.4 Å². The molecule has 4 rings (SSSR count). The number of hydrogen-bond donors (Lipinski definition) is 0. The van der Waals surface area contributed by atoms with Gasteiger partial charge in [-0.25, -0.2) is 0 Å². The number of amides is 1. The number of fused-ring (bicyclic) bond motifs is 2. The van der Waals surface area contributed by atoms with Gasteiger partial charge in [-0.15, -0.1) is 0 Å². The molecule has 1 aliphatic carbocycles. The molecule has 25 heavy (non-hydrogen) atoms. The highest BCUT2D eigenvalue weighted by atomic mass is 19.4. The highest BCUT2D eigenvalue weighted by Gasteiger charge is 2.40. The summed E-state index contributed by atoms with van der Waals surface area (Å²) >= 11 is 0. The van der Waals surface area contributed by atoms with Crippen LogP contribution in [-0.4, -0.2) is 22.2 Å². The predicted molar refractivity (Wildman–Crippen MR) is 86.4 cm³/mol. The van der Waals surface area contributed by atoms with Crippen molar-refractivity contribution >= 4 is 11.6 Å². The van der Waals surface area contributed by atoms with Crippen LogP contribution < -0.4 is 4.90 Å². The molecular weight excluding hydrogens is 331 g/mol. The summed E-state index contributed by atoms with van der Waals surface area (Å²) in [5.74, 6) is -0.440. The van der Waals surface area contributed by atoms with Crippen LogP contribution in [0.2, 0.25) is 0 Å². The lowest BCUT2D eigenvalue weighted by atomic mass is 9.86. The summed E-state index contributed by atoms with van der Waals surface area (Å²) in [6.07, 6.45) is 0.121. The van der Waals surface area contributed by atoms with Crippen LogP contribution in [0, 0.1) is 0 Å². The summed E-state index contributed by atoms with van der Waals surface area (Å²) in [6, 6.07) is 4.08. The van der Waals surface area contributed by atoms with Gasteiger partial charge in [0.15, 0.2) is 0 Å². The topological polar surface area (TPSA) is 38.1 Å². The molecule has 0 fully saturated rings. The van der Waals surface area contributed by atoms with Crippen molar-refractivity contribution in [2.75, 3.05) is 11.4 Å². The molecule has 0 radical (unpaired) electrons. The van der Waals surface area contributed by atoms with E-state index in [9.17, 15) is 18.0 Å². The van der Waals surface area contributed by atoms with E-state index < -0.39 is 11.7 Å². The second-order valence-corrected chi connectivity index (χ2v) is 6.69. The Hall–Kier alpha value is -2.31. The van der Waals surface area contributed by atoms with Crippen molar-refractivity contribution in [1.29, 1.82) is 0 Å². The van der Waals surface area contributed by atoms with Crippen molar-refractivity contribution in [1.82, 2.24) is 9.78 Å². The Kier molecular flexibility index (Phi) is 3.63. The molecule has 0 saturated carbocycles. The number of alkyl halides is 3. The summed E-state index contributed by atoms with van der Waals surface area (Å²) < 4.78 is 41.3. The fourth-order valence-corrected chi connectivity index (χ4v) is 4.04. The Bertz CT molecular complexity index is 841. The minimum atomic E-state index is -4.40. The van der Waals surface area contributed by atoms with Crippen molar-refractivity contribution in [3.05, 3.63) is 46.8 Å². The van der Waals surface area contributed by atoms with Crippen LogP contribution in [0.5, 0.6) is 0 Å². The molecule has 2 aromatic rings. The van der Waals surface area contributed by atoms with Gasteiger partial charge in [0.1, 0.15) is 0 Å². The number of carbonyl (C=O) groups excluding carboxylic acids is 1.